The smallest absolute Gasteiger partial charge is 0.411 e. The maximum absolute atomic E-state index is 14.2. The summed E-state index contributed by atoms with van der Waals surface area (Å²) in [5, 5.41) is 74.3. The Morgan fingerprint density at radius 1 is 0.367 bits per heavy atom. The van der Waals surface area contributed by atoms with Crippen LogP contribution in [0.25, 0.3) is 0 Å². The second kappa shape index (κ2) is 16.7. The molecule has 0 aliphatic carbocycles. The highest BCUT2D eigenvalue weighted by atomic mass is 28.3. The number of hydrogen-bond acceptors (Lipinski definition) is 8. The second-order valence-corrected chi connectivity index (χ2v) is 17.3. The Labute approximate surface area is 330 Å². The van der Waals surface area contributed by atoms with Gasteiger partial charge in [-0.2, -0.15) is 26.3 Å². The molecule has 0 saturated carbocycles. The van der Waals surface area contributed by atoms with Gasteiger partial charge in [0.15, 0.2) is 0 Å². The van der Waals surface area contributed by atoms with Crippen molar-refractivity contribution in [3.05, 3.63) is 128 Å². The summed E-state index contributed by atoms with van der Waals surface area (Å²) in [6.45, 7) is 3.66. The van der Waals surface area contributed by atoms with Crippen LogP contribution in [0.5, 0.6) is 0 Å². The molecule has 0 aliphatic heterocycles. The van der Waals surface area contributed by atoms with Crippen LogP contribution in [0.3, 0.4) is 0 Å². The van der Waals surface area contributed by atoms with Crippen LogP contribution in [0.1, 0.15) is 94.0 Å². The maximum Gasteiger partial charge on any atom is 0.411 e. The van der Waals surface area contributed by atoms with E-state index in [2.05, 4.69) is 0 Å². The third-order valence-electron chi connectivity index (χ3n) is 9.08. The zero-order chi connectivity index (χ0) is 46.0. The molecule has 0 atom stereocenters. The van der Waals surface area contributed by atoms with E-state index in [9.17, 15) is 74.9 Å². The lowest BCUT2D eigenvalue weighted by Crippen LogP contribution is -2.55. The van der Waals surface area contributed by atoms with Crippen molar-refractivity contribution in [3.8, 4) is 0 Å². The van der Waals surface area contributed by atoms with Gasteiger partial charge in [0.2, 0.25) is 5.41 Å². The van der Waals surface area contributed by atoms with Crippen molar-refractivity contribution >= 4 is 66.2 Å². The summed E-state index contributed by atoms with van der Waals surface area (Å²) < 4.78 is 85.1. The van der Waals surface area contributed by atoms with Gasteiger partial charge in [-0.15, -0.1) is 0 Å². The fourth-order valence-corrected chi connectivity index (χ4v) is 8.37. The Balaban J connectivity index is 0.000000327. The number of rotatable bonds is 12. The molecule has 0 spiro atoms. The van der Waals surface area contributed by atoms with Gasteiger partial charge in [0.25, 0.3) is 0 Å². The Bertz CT molecular complexity index is 2320. The molecule has 0 heterocycles. The van der Waals surface area contributed by atoms with Crippen LogP contribution in [0.2, 0.25) is 13.1 Å². The van der Waals surface area contributed by atoms with Gasteiger partial charge in [-0.25, -0.2) is 38.4 Å². The topological polar surface area (TPSA) is 298 Å². The summed E-state index contributed by atoms with van der Waals surface area (Å²) in [6.07, 6.45) is -12.5. The lowest BCUT2D eigenvalue weighted by Gasteiger charge is -2.38. The summed E-state index contributed by atoms with van der Waals surface area (Å²) in [5.41, 5.74) is -15.0. The van der Waals surface area contributed by atoms with Crippen molar-refractivity contribution in [3.63, 3.8) is 0 Å². The van der Waals surface area contributed by atoms with Crippen LogP contribution in [-0.2, 0) is 5.41 Å². The Kier molecular flexibility index (Phi) is 13.1. The third-order valence-corrected chi connectivity index (χ3v) is 12.6. The number of alkyl halides is 6. The second-order valence-electron chi connectivity index (χ2n) is 12.9. The minimum atomic E-state index is -6.27. The first-order valence-corrected chi connectivity index (χ1v) is 19.0. The molecule has 8 N–H and O–H groups in total. The van der Waals surface area contributed by atoms with Gasteiger partial charge in [-0.1, -0.05) is 47.7 Å². The lowest BCUT2D eigenvalue weighted by molar-refractivity contribution is -0.288. The summed E-state index contributed by atoms with van der Waals surface area (Å²) >= 11 is 0. The number of carboxylic acid groups (broad SMARTS) is 8. The molecule has 16 nitrogen and oxygen atoms in total. The molecule has 60 heavy (non-hydrogen) atoms. The zero-order valence-corrected chi connectivity index (χ0v) is 31.0. The highest BCUT2D eigenvalue weighted by Gasteiger charge is 2.72. The van der Waals surface area contributed by atoms with E-state index >= 15 is 0 Å². The number of carboxylic acids is 8. The minimum Gasteiger partial charge on any atom is -0.478 e. The molecule has 0 bridgehead atoms. The van der Waals surface area contributed by atoms with Gasteiger partial charge >= 0.3 is 60.1 Å². The van der Waals surface area contributed by atoms with E-state index in [0.29, 0.717) is 10.4 Å². The molecule has 0 aromatic heterocycles. The maximum atomic E-state index is 14.2. The van der Waals surface area contributed by atoms with E-state index in [1.54, 1.807) is 0 Å². The first-order valence-electron chi connectivity index (χ1n) is 16.0. The van der Waals surface area contributed by atoms with Gasteiger partial charge in [0.1, 0.15) is 8.07 Å². The van der Waals surface area contributed by atoms with Crippen molar-refractivity contribution in [1.29, 1.82) is 0 Å². The molecule has 0 fully saturated rings. The van der Waals surface area contributed by atoms with Gasteiger partial charge in [-0.05, 0) is 59.7 Å². The first kappa shape index (κ1) is 46.8. The molecule has 0 unspecified atom stereocenters. The molecular formula is C37H26F6O16Si. The van der Waals surface area contributed by atoms with Crippen molar-refractivity contribution in [2.45, 2.75) is 30.9 Å². The van der Waals surface area contributed by atoms with E-state index in [1.165, 1.54) is 36.4 Å². The Morgan fingerprint density at radius 3 is 0.800 bits per heavy atom. The van der Waals surface area contributed by atoms with Gasteiger partial charge < -0.3 is 40.9 Å². The Hall–Kier alpha value is -7.56. The molecule has 0 saturated heterocycles. The number of carbonyl (C=O) groups is 8. The molecule has 4 aromatic carbocycles. The van der Waals surface area contributed by atoms with E-state index in [0.717, 1.165) is 0 Å². The molecule has 4 aromatic rings. The summed E-state index contributed by atoms with van der Waals surface area (Å²) in [4.78, 5) is 90.2. The number of benzene rings is 4. The summed E-state index contributed by atoms with van der Waals surface area (Å²) in [5.74, 6) is -13.7. The van der Waals surface area contributed by atoms with Crippen LogP contribution in [0, 0.1) is 0 Å². The van der Waals surface area contributed by atoms with E-state index < -0.39 is 107 Å². The quantitative estimate of drug-likeness (QED) is 0.0671. The monoisotopic (exact) mass is 868 g/mol. The molecule has 4 rings (SSSR count). The third kappa shape index (κ3) is 8.79. The van der Waals surface area contributed by atoms with Crippen LogP contribution < -0.4 is 10.4 Å². The van der Waals surface area contributed by atoms with Crippen LogP contribution in [-0.4, -0.2) is 109 Å². The number of hydrogen-bond donors (Lipinski definition) is 8. The van der Waals surface area contributed by atoms with Gasteiger partial charge in [0, 0.05) is 0 Å². The molecule has 0 aliphatic rings. The zero-order valence-electron chi connectivity index (χ0n) is 30.0. The molecule has 23 heteroatoms. The Morgan fingerprint density at radius 2 is 0.583 bits per heavy atom. The predicted octanol–water partition coefficient (Wildman–Crippen LogP) is 5.19. The van der Waals surface area contributed by atoms with Crippen LogP contribution in [0.4, 0.5) is 26.3 Å². The molecule has 0 radical (unpaired) electrons. The fraction of sp³-hybridized carbons (Fsp3) is 0.135. The van der Waals surface area contributed by atoms with Crippen molar-refractivity contribution in [2.75, 3.05) is 0 Å². The summed E-state index contributed by atoms with van der Waals surface area (Å²) in [6, 6.07) is 8.41. The van der Waals surface area contributed by atoms with Crippen molar-refractivity contribution in [2.24, 2.45) is 0 Å². The largest absolute Gasteiger partial charge is 0.478 e. The average Bonchev–Trinajstić information content (AvgIpc) is 3.13. The van der Waals surface area contributed by atoms with Crippen molar-refractivity contribution < 1.29 is 106 Å². The van der Waals surface area contributed by atoms with E-state index in [1.807, 2.05) is 13.1 Å². The van der Waals surface area contributed by atoms with E-state index in [-0.39, 0.29) is 58.7 Å². The standard InChI is InChI=1S/C19H10F6O8.C18H16O8Si/c20-18(21,22)17(19(23,24)25,7-1-3-9(13(26)27)11(5-7)15(30)31)8-2-4-10(14(28)29)12(6-8)16(32)33;1-27(2,9-3-5-11(15(19)20)13(7-9)17(23)24)10-4-6-12(16(21)22)14(8-10)18(25)26/h1-6H,(H,26,27)(H,28,29)(H,30,31)(H,32,33);3-8H,1-2H3,(H,19,20)(H,21,22)(H,23,24)(H,25,26). The van der Waals surface area contributed by atoms with Crippen LogP contribution in [0.15, 0.2) is 72.8 Å². The highest BCUT2D eigenvalue weighted by molar-refractivity contribution is 7.00. The highest BCUT2D eigenvalue weighted by Crippen LogP contribution is 2.56. The van der Waals surface area contributed by atoms with Gasteiger partial charge in [0.05, 0.1) is 44.5 Å². The molecule has 0 amide bonds. The SMILES string of the molecule is C[Si](C)(c1ccc(C(=O)O)c(C(=O)O)c1)c1ccc(C(=O)O)c(C(=O)O)c1.O=C(O)c1ccc(C(c2ccc(C(=O)O)c(C(=O)O)c2)(C(F)(F)F)C(F)(F)F)cc1C(=O)O. The average molecular weight is 869 g/mol. The van der Waals surface area contributed by atoms with Crippen LogP contribution >= 0.6 is 0 Å². The first-order chi connectivity index (χ1) is 27.4. The number of aromatic carboxylic acids is 8. The lowest BCUT2D eigenvalue weighted by atomic mass is 9.71. The normalized spacial score (nSPS) is 11.7. The van der Waals surface area contributed by atoms with Crippen molar-refractivity contribution in [1.82, 2.24) is 0 Å². The fourth-order valence-electron chi connectivity index (χ4n) is 6.02. The molecular weight excluding hydrogens is 842 g/mol. The number of halogens is 6. The predicted molar refractivity (Wildman–Crippen MR) is 191 cm³/mol. The summed E-state index contributed by atoms with van der Waals surface area (Å²) in [7, 11) is -2.64. The minimum absolute atomic E-state index is 0.0996. The van der Waals surface area contributed by atoms with Gasteiger partial charge in [-0.3, -0.25) is 0 Å². The van der Waals surface area contributed by atoms with E-state index in [4.69, 9.17) is 30.6 Å². The molecule has 316 valence electrons.